The number of fused-ring (bicyclic) bond motifs is 2. The highest BCUT2D eigenvalue weighted by molar-refractivity contribution is 7.90. The van der Waals surface area contributed by atoms with E-state index in [1.54, 1.807) is 17.0 Å². The molecule has 0 saturated heterocycles. The Kier molecular flexibility index (Phi) is 3.47. The van der Waals surface area contributed by atoms with Crippen LogP contribution in [0.15, 0.2) is 30.7 Å². The lowest BCUT2D eigenvalue weighted by Gasteiger charge is -2.34. The van der Waals surface area contributed by atoms with Gasteiger partial charge < -0.3 is 4.90 Å². The molecular weight excluding hydrogens is 356 g/mol. The maximum absolute atomic E-state index is 12.2. The molecule has 5 rings (SSSR count). The molecule has 1 fully saturated rings. The normalized spacial score (nSPS) is 20.5. The van der Waals surface area contributed by atoms with E-state index in [1.165, 1.54) is 0 Å². The van der Waals surface area contributed by atoms with Crippen molar-refractivity contribution in [2.45, 2.75) is 30.7 Å². The van der Waals surface area contributed by atoms with Crippen molar-refractivity contribution >= 4 is 21.5 Å². The minimum absolute atomic E-state index is 0.0966. The largest absolute Gasteiger partial charge is 0.347 e. The number of sulfonamides is 1. The average Bonchev–Trinajstić information content (AvgIpc) is 3.23. The molecule has 0 aromatic carbocycles. The van der Waals surface area contributed by atoms with Gasteiger partial charge >= 0.3 is 0 Å². The molecule has 4 heterocycles. The summed E-state index contributed by atoms with van der Waals surface area (Å²) in [7, 11) is -3.22. The molecule has 0 spiro atoms. The van der Waals surface area contributed by atoms with Crippen molar-refractivity contribution < 1.29 is 8.42 Å². The minimum atomic E-state index is -3.22. The third-order valence-corrected chi connectivity index (χ3v) is 6.76. The van der Waals surface area contributed by atoms with E-state index in [-0.39, 0.29) is 11.3 Å². The van der Waals surface area contributed by atoms with E-state index in [4.69, 9.17) is 0 Å². The fourth-order valence-corrected chi connectivity index (χ4v) is 4.73. The van der Waals surface area contributed by atoms with E-state index in [0.29, 0.717) is 25.3 Å². The molecule has 2 aliphatic rings. The molecular formula is C15H18N8O2S. The van der Waals surface area contributed by atoms with E-state index in [0.717, 1.165) is 24.4 Å². The van der Waals surface area contributed by atoms with Gasteiger partial charge in [-0.1, -0.05) is 0 Å². The summed E-state index contributed by atoms with van der Waals surface area (Å²) in [5.41, 5.74) is 1.71. The summed E-state index contributed by atoms with van der Waals surface area (Å²) in [5, 5.41) is 16.5. The second-order valence-corrected chi connectivity index (χ2v) is 8.76. The molecule has 3 aromatic rings. The van der Waals surface area contributed by atoms with Crippen LogP contribution in [-0.4, -0.2) is 56.3 Å². The molecule has 1 aliphatic carbocycles. The molecule has 1 saturated carbocycles. The minimum Gasteiger partial charge on any atom is -0.347 e. The number of anilines is 1. The first-order chi connectivity index (χ1) is 12.6. The van der Waals surface area contributed by atoms with Gasteiger partial charge in [0.1, 0.15) is 12.1 Å². The molecule has 0 bridgehead atoms. The topological polar surface area (TPSA) is 110 Å². The Morgan fingerprint density at radius 3 is 2.96 bits per heavy atom. The Morgan fingerprint density at radius 2 is 2.12 bits per heavy atom. The summed E-state index contributed by atoms with van der Waals surface area (Å²) in [4.78, 5) is 2.12. The van der Waals surface area contributed by atoms with Crippen LogP contribution in [0.25, 0.3) is 5.65 Å². The Morgan fingerprint density at radius 1 is 1.23 bits per heavy atom. The molecule has 26 heavy (non-hydrogen) atoms. The number of hydrogen-bond donors (Lipinski definition) is 1. The third-order valence-electron chi connectivity index (χ3n) is 4.84. The lowest BCUT2D eigenvalue weighted by Crippen LogP contribution is -2.44. The van der Waals surface area contributed by atoms with E-state index in [2.05, 4.69) is 30.0 Å². The van der Waals surface area contributed by atoms with E-state index >= 15 is 0 Å². The summed E-state index contributed by atoms with van der Waals surface area (Å²) in [5.74, 6) is 0.791. The van der Waals surface area contributed by atoms with Gasteiger partial charge in [0, 0.05) is 19.3 Å². The van der Waals surface area contributed by atoms with Crippen LogP contribution >= 0.6 is 0 Å². The molecule has 0 unspecified atom stereocenters. The van der Waals surface area contributed by atoms with Crippen LogP contribution in [0.2, 0.25) is 0 Å². The predicted molar refractivity (Wildman–Crippen MR) is 93.0 cm³/mol. The van der Waals surface area contributed by atoms with Crippen molar-refractivity contribution in [3.05, 3.63) is 36.4 Å². The lowest BCUT2D eigenvalue weighted by molar-refractivity contribution is 0.393. The predicted octanol–water partition coefficient (Wildman–Crippen LogP) is -0.0361. The maximum Gasteiger partial charge on any atom is 0.214 e. The first-order valence-electron chi connectivity index (χ1n) is 8.53. The van der Waals surface area contributed by atoms with Gasteiger partial charge in [-0.3, -0.25) is 4.68 Å². The van der Waals surface area contributed by atoms with Crippen molar-refractivity contribution in [3.8, 4) is 0 Å². The van der Waals surface area contributed by atoms with E-state index in [1.807, 2.05) is 22.9 Å². The lowest BCUT2D eigenvalue weighted by atomic mass is 10.2. The van der Waals surface area contributed by atoms with Gasteiger partial charge in [-0.05, 0) is 31.0 Å². The Balaban J connectivity index is 1.40. The summed E-state index contributed by atoms with van der Waals surface area (Å²) < 4.78 is 30.6. The highest BCUT2D eigenvalue weighted by Crippen LogP contribution is 2.28. The third kappa shape index (κ3) is 2.72. The zero-order valence-corrected chi connectivity index (χ0v) is 14.7. The standard InChI is InChI=1S/C15H18N8O2S/c24-26(25,13-1-2-13)18-7-12-9-21(8-11-5-6-17-23(11)12)15-4-3-14-19-16-10-22(14)20-15/h3-6,10,12-13,18H,1-2,7-9H2/t12-/m1/s1. The molecule has 11 heteroatoms. The van der Waals surface area contributed by atoms with Crippen molar-refractivity contribution in [2.75, 3.05) is 18.0 Å². The smallest absolute Gasteiger partial charge is 0.214 e. The monoisotopic (exact) mass is 374 g/mol. The molecule has 10 nitrogen and oxygen atoms in total. The van der Waals surface area contributed by atoms with Gasteiger partial charge in [-0.15, -0.1) is 15.3 Å². The molecule has 136 valence electrons. The average molecular weight is 374 g/mol. The van der Waals surface area contributed by atoms with Crippen LogP contribution in [0.3, 0.4) is 0 Å². The van der Waals surface area contributed by atoms with Crippen LogP contribution in [0.4, 0.5) is 5.82 Å². The summed E-state index contributed by atoms with van der Waals surface area (Å²) in [6.45, 7) is 1.59. The first-order valence-corrected chi connectivity index (χ1v) is 10.1. The van der Waals surface area contributed by atoms with Crippen molar-refractivity contribution in [2.24, 2.45) is 0 Å². The van der Waals surface area contributed by atoms with Crippen LogP contribution in [0.1, 0.15) is 24.6 Å². The van der Waals surface area contributed by atoms with E-state index in [9.17, 15) is 8.42 Å². The van der Waals surface area contributed by atoms with Gasteiger partial charge in [0.15, 0.2) is 5.65 Å². The van der Waals surface area contributed by atoms with Crippen molar-refractivity contribution in [3.63, 3.8) is 0 Å². The van der Waals surface area contributed by atoms with Crippen molar-refractivity contribution in [1.82, 2.24) is 34.3 Å². The molecule has 0 amide bonds. The van der Waals surface area contributed by atoms with Gasteiger partial charge in [0.25, 0.3) is 0 Å². The SMILES string of the molecule is O=S(=O)(NC[C@@H]1CN(c2ccc3nncn3n2)Cc2ccnn21)C1CC1. The number of nitrogens with zero attached hydrogens (tertiary/aromatic N) is 7. The highest BCUT2D eigenvalue weighted by Gasteiger charge is 2.36. The van der Waals surface area contributed by atoms with Gasteiger partial charge in [0.05, 0.1) is 23.5 Å². The van der Waals surface area contributed by atoms with Crippen LogP contribution in [0, 0.1) is 0 Å². The number of aromatic nitrogens is 6. The molecule has 1 N–H and O–H groups in total. The Hall–Kier alpha value is -2.53. The fraction of sp³-hybridized carbons (Fsp3) is 0.467. The van der Waals surface area contributed by atoms with Gasteiger partial charge in [-0.2, -0.15) is 9.61 Å². The van der Waals surface area contributed by atoms with Crippen LogP contribution in [0.5, 0.6) is 0 Å². The zero-order valence-electron chi connectivity index (χ0n) is 13.9. The van der Waals surface area contributed by atoms with Crippen LogP contribution in [-0.2, 0) is 16.6 Å². The van der Waals surface area contributed by atoms with Crippen molar-refractivity contribution in [1.29, 1.82) is 0 Å². The van der Waals surface area contributed by atoms with Gasteiger partial charge in [-0.25, -0.2) is 13.1 Å². The summed E-state index contributed by atoms with van der Waals surface area (Å²) >= 11 is 0. The fourth-order valence-electron chi connectivity index (χ4n) is 3.31. The second kappa shape index (κ2) is 5.74. The quantitative estimate of drug-likeness (QED) is 0.667. The van der Waals surface area contributed by atoms with E-state index < -0.39 is 10.0 Å². The number of rotatable bonds is 5. The molecule has 1 aliphatic heterocycles. The molecule has 1 atom stereocenters. The summed E-state index contributed by atoms with van der Waals surface area (Å²) in [6.07, 6.45) is 4.82. The maximum atomic E-state index is 12.2. The zero-order chi connectivity index (χ0) is 17.7. The highest BCUT2D eigenvalue weighted by atomic mass is 32.2. The number of nitrogens with one attached hydrogen (secondary N) is 1. The summed E-state index contributed by atoms with van der Waals surface area (Å²) in [6, 6.07) is 5.63. The second-order valence-electron chi connectivity index (χ2n) is 6.72. The van der Waals surface area contributed by atoms with Gasteiger partial charge in [0.2, 0.25) is 10.0 Å². The number of hydrogen-bond acceptors (Lipinski definition) is 7. The molecule has 3 aromatic heterocycles. The Labute approximate surface area is 149 Å². The van der Waals surface area contributed by atoms with Crippen LogP contribution < -0.4 is 9.62 Å². The first kappa shape index (κ1) is 15.7. The molecule has 0 radical (unpaired) electrons. The Bertz CT molecular complexity index is 1050.